The fraction of sp³-hybridized carbons (Fsp3) is 0.941. The van der Waals surface area contributed by atoms with Gasteiger partial charge in [-0.25, -0.2) is 0 Å². The number of carbonyl (C=O) groups excluding carboxylic acids is 1. The summed E-state index contributed by atoms with van der Waals surface area (Å²) in [6, 6.07) is 0. The molecule has 1 aliphatic rings. The first-order valence-electron chi connectivity index (χ1n) is 26.2. The van der Waals surface area contributed by atoms with Gasteiger partial charge in [0.2, 0.25) is 0 Å². The molecule has 0 heterocycles. The maximum atomic E-state index is 13.1. The van der Waals surface area contributed by atoms with Crippen molar-refractivity contribution in [1.82, 2.24) is 9.80 Å². The fourth-order valence-corrected chi connectivity index (χ4v) is 15.8. The number of hydrogen-bond donors (Lipinski definition) is 0. The Bertz CT molecular complexity index is 1000. The number of carbonyl (C=O) groups is 1. The minimum absolute atomic E-state index is 0.00688. The predicted octanol–water partition coefficient (Wildman–Crippen LogP) is 18.0. The molecule has 5 nitrogen and oxygen atoms in total. The molecule has 0 aromatic rings. The van der Waals surface area contributed by atoms with Gasteiger partial charge in [0.25, 0.3) is 0 Å². The van der Waals surface area contributed by atoms with Crippen LogP contribution in [-0.2, 0) is 14.3 Å². The Balaban J connectivity index is 2.31. The predicted molar refractivity (Wildman–Crippen MR) is 292 cm³/mol. The molecule has 368 valence electrons. The van der Waals surface area contributed by atoms with Gasteiger partial charge in [-0.1, -0.05) is 212 Å². The van der Waals surface area contributed by atoms with Gasteiger partial charge in [0.05, 0.1) is 12.2 Å². The van der Waals surface area contributed by atoms with E-state index in [-0.39, 0.29) is 18.2 Å². The Morgan fingerprint density at radius 1 is 0.500 bits per heavy atom. The van der Waals surface area contributed by atoms with Gasteiger partial charge in [-0.3, -0.25) is 4.79 Å². The molecule has 0 aliphatic heterocycles. The highest BCUT2D eigenvalue weighted by Gasteiger charge is 2.21. The van der Waals surface area contributed by atoms with E-state index in [1.807, 2.05) is 62.8 Å². The van der Waals surface area contributed by atoms with Gasteiger partial charge in [-0.15, -0.1) is 0 Å². The van der Waals surface area contributed by atoms with E-state index in [2.05, 4.69) is 51.6 Å². The van der Waals surface area contributed by atoms with Gasteiger partial charge < -0.3 is 19.3 Å². The summed E-state index contributed by atoms with van der Waals surface area (Å²) in [5.41, 5.74) is 1.53. The SMILES string of the molecule is CCCCCCCCCCCCCCSSSCC(CC)OC(=O)CCN(CCCN(C)C)CCC(OC(CC)CSSSCCCCCCCCCCCCCC)=C1CCC1. The molecule has 0 saturated heterocycles. The van der Waals surface area contributed by atoms with Gasteiger partial charge in [0, 0.05) is 42.5 Å². The summed E-state index contributed by atoms with van der Waals surface area (Å²) < 4.78 is 12.8. The van der Waals surface area contributed by atoms with Crippen molar-refractivity contribution in [3.8, 4) is 0 Å². The highest BCUT2D eigenvalue weighted by atomic mass is 33.5. The largest absolute Gasteiger partial charge is 0.494 e. The van der Waals surface area contributed by atoms with E-state index in [9.17, 15) is 4.79 Å². The average molecular weight is 982 g/mol. The van der Waals surface area contributed by atoms with Gasteiger partial charge in [0.15, 0.2) is 0 Å². The van der Waals surface area contributed by atoms with Crippen LogP contribution in [0.4, 0.5) is 0 Å². The van der Waals surface area contributed by atoms with Crippen molar-refractivity contribution in [1.29, 1.82) is 0 Å². The van der Waals surface area contributed by atoms with Crippen molar-refractivity contribution in [3.63, 3.8) is 0 Å². The van der Waals surface area contributed by atoms with Gasteiger partial charge in [-0.05, 0) is 104 Å². The first-order chi connectivity index (χ1) is 30.4. The lowest BCUT2D eigenvalue weighted by molar-refractivity contribution is -0.148. The van der Waals surface area contributed by atoms with E-state index in [4.69, 9.17) is 9.47 Å². The first-order valence-corrected chi connectivity index (χ1v) is 33.8. The number of ether oxygens (including phenoxy) is 2. The molecular weight excluding hydrogens is 881 g/mol. The molecule has 1 aliphatic carbocycles. The first kappa shape index (κ1) is 61.0. The zero-order valence-corrected chi connectivity index (χ0v) is 46.4. The fourth-order valence-electron chi connectivity index (χ4n) is 7.67. The number of esters is 1. The van der Waals surface area contributed by atoms with E-state index in [0.29, 0.717) is 6.42 Å². The van der Waals surface area contributed by atoms with E-state index in [0.717, 1.165) is 63.4 Å². The van der Waals surface area contributed by atoms with Crippen molar-refractivity contribution >= 4 is 68.8 Å². The minimum Gasteiger partial charge on any atom is -0.494 e. The number of nitrogens with zero attached hydrogens (tertiary/aromatic N) is 2. The Morgan fingerprint density at radius 2 is 0.919 bits per heavy atom. The second-order valence-electron chi connectivity index (χ2n) is 18.2. The van der Waals surface area contributed by atoms with E-state index >= 15 is 0 Å². The van der Waals surface area contributed by atoms with E-state index in [1.54, 1.807) is 0 Å². The lowest BCUT2D eigenvalue weighted by Gasteiger charge is -2.29. The third-order valence-corrected chi connectivity index (χ3v) is 20.8. The topological polar surface area (TPSA) is 42.0 Å². The normalized spacial score (nSPS) is 13.8. The molecule has 11 heteroatoms. The molecular formula is C51H100N2O3S6. The van der Waals surface area contributed by atoms with Crippen LogP contribution in [0.3, 0.4) is 0 Å². The number of allylic oxidation sites excluding steroid dienone is 1. The lowest BCUT2D eigenvalue weighted by atomic mass is 9.90. The second-order valence-corrected chi connectivity index (χ2v) is 27.0. The highest BCUT2D eigenvalue weighted by Crippen LogP contribution is 2.38. The summed E-state index contributed by atoms with van der Waals surface area (Å²) >= 11 is 0. The second kappa shape index (κ2) is 47.1. The molecule has 0 amide bonds. The lowest BCUT2D eigenvalue weighted by Crippen LogP contribution is -2.32. The van der Waals surface area contributed by atoms with Crippen LogP contribution in [0.25, 0.3) is 0 Å². The van der Waals surface area contributed by atoms with Crippen LogP contribution < -0.4 is 0 Å². The summed E-state index contributed by atoms with van der Waals surface area (Å²) in [4.78, 5) is 17.9. The molecule has 0 N–H and O–H groups in total. The Morgan fingerprint density at radius 3 is 1.32 bits per heavy atom. The summed E-state index contributed by atoms with van der Waals surface area (Å²) in [7, 11) is 16.0. The zero-order valence-electron chi connectivity index (χ0n) is 41.5. The Labute approximate surface area is 410 Å². The molecule has 1 fully saturated rings. The average Bonchev–Trinajstić information content (AvgIpc) is 3.24. The van der Waals surface area contributed by atoms with Gasteiger partial charge >= 0.3 is 5.97 Å². The van der Waals surface area contributed by atoms with Crippen LogP contribution >= 0.6 is 62.8 Å². The van der Waals surface area contributed by atoms with Gasteiger partial charge in [-0.2, -0.15) is 0 Å². The summed E-state index contributed by atoms with van der Waals surface area (Å²) in [5, 5.41) is 0. The van der Waals surface area contributed by atoms with Crippen LogP contribution in [0, 0.1) is 0 Å². The van der Waals surface area contributed by atoms with Crippen molar-refractivity contribution in [2.45, 2.75) is 245 Å². The van der Waals surface area contributed by atoms with Crippen LogP contribution in [0.1, 0.15) is 233 Å². The smallest absolute Gasteiger partial charge is 0.307 e. The van der Waals surface area contributed by atoms with Crippen molar-refractivity contribution < 1.29 is 14.3 Å². The molecule has 0 radical (unpaired) electrons. The summed E-state index contributed by atoms with van der Waals surface area (Å²) in [5.74, 6) is 5.58. The number of rotatable bonds is 49. The molecule has 2 unspecified atom stereocenters. The molecule has 0 spiro atoms. The van der Waals surface area contributed by atoms with Crippen LogP contribution in [-0.4, -0.2) is 91.3 Å². The minimum atomic E-state index is -0.0460. The quantitative estimate of drug-likeness (QED) is 0.0253. The molecule has 1 rings (SSSR count). The molecule has 0 aromatic carbocycles. The van der Waals surface area contributed by atoms with Crippen molar-refractivity contribution in [2.24, 2.45) is 0 Å². The molecule has 0 bridgehead atoms. The maximum Gasteiger partial charge on any atom is 0.307 e. The van der Waals surface area contributed by atoms with Gasteiger partial charge in [0.1, 0.15) is 12.2 Å². The monoisotopic (exact) mass is 981 g/mol. The number of unbranched alkanes of at least 4 members (excludes halogenated alkanes) is 22. The Kier molecular flexibility index (Phi) is 46.4. The number of hydrogen-bond acceptors (Lipinski definition) is 11. The molecule has 0 aromatic heterocycles. The molecule has 62 heavy (non-hydrogen) atoms. The molecule has 1 saturated carbocycles. The summed E-state index contributed by atoms with van der Waals surface area (Å²) in [6.45, 7) is 12.8. The van der Waals surface area contributed by atoms with E-state index in [1.165, 1.54) is 196 Å². The summed E-state index contributed by atoms with van der Waals surface area (Å²) in [6.07, 6.45) is 42.1. The third kappa shape index (κ3) is 39.1. The van der Waals surface area contributed by atoms with Crippen molar-refractivity contribution in [3.05, 3.63) is 11.3 Å². The maximum absolute atomic E-state index is 13.1. The zero-order chi connectivity index (χ0) is 45.0. The van der Waals surface area contributed by atoms with E-state index < -0.39 is 0 Å². The van der Waals surface area contributed by atoms with Crippen LogP contribution in [0.15, 0.2) is 11.3 Å². The van der Waals surface area contributed by atoms with Crippen LogP contribution in [0.5, 0.6) is 0 Å². The standard InChI is InChI=1S/C51H100N2O3S6/c1-7-11-13-15-17-19-21-23-25-27-29-31-43-57-61-59-45-48(9-3)55-50(47-35-33-36-47)37-41-53(40-34-39-52(5)6)42-38-51(54)56-49(10-4)46-60-62-58-44-32-30-28-26-24-22-20-18-16-14-12-8-2/h48-49H,7-46H2,1-6H3. The highest BCUT2D eigenvalue weighted by molar-refractivity contribution is 9.09. The third-order valence-electron chi connectivity index (χ3n) is 12.1. The molecule has 2 atom stereocenters. The van der Waals surface area contributed by atoms with Crippen LogP contribution in [0.2, 0.25) is 0 Å². The Hall–Kier alpha value is 1.03. The van der Waals surface area contributed by atoms with Crippen molar-refractivity contribution in [2.75, 3.05) is 63.3 Å².